The summed E-state index contributed by atoms with van der Waals surface area (Å²) >= 11 is 7.67. The molecule has 0 fully saturated rings. The third kappa shape index (κ3) is 3.12. The lowest BCUT2D eigenvalue weighted by atomic mass is 10.0. The average molecular weight is 376 g/mol. The quantitative estimate of drug-likeness (QED) is 0.397. The molecule has 2 aromatic heterocycles. The van der Waals surface area contributed by atoms with Crippen LogP contribution in [0.2, 0.25) is 5.02 Å². The first kappa shape index (κ1) is 17.4. The van der Waals surface area contributed by atoms with Crippen LogP contribution in [0, 0.1) is 0 Å². The highest BCUT2D eigenvalue weighted by Crippen LogP contribution is 2.29. The van der Waals surface area contributed by atoms with Gasteiger partial charge in [-0.1, -0.05) is 23.4 Å². The Hall–Kier alpha value is -2.38. The van der Waals surface area contributed by atoms with Gasteiger partial charge >= 0.3 is 5.97 Å². The van der Waals surface area contributed by atoms with Gasteiger partial charge in [-0.2, -0.15) is 0 Å². The predicted molar refractivity (Wildman–Crippen MR) is 98.3 cm³/mol. The summed E-state index contributed by atoms with van der Waals surface area (Å²) in [6.45, 7) is 0. The van der Waals surface area contributed by atoms with Crippen LogP contribution >= 0.6 is 23.4 Å². The molecule has 25 heavy (non-hydrogen) atoms. The Kier molecular flexibility index (Phi) is 4.78. The lowest BCUT2D eigenvalue weighted by Crippen LogP contribution is -2.20. The van der Waals surface area contributed by atoms with Crippen molar-refractivity contribution >= 4 is 40.4 Å². The fourth-order valence-electron chi connectivity index (χ4n) is 2.50. The highest BCUT2D eigenvalue weighted by Gasteiger charge is 2.16. The molecule has 0 spiro atoms. The highest BCUT2D eigenvalue weighted by molar-refractivity contribution is 7.98. The number of carbonyl (C=O) groups excluding carboxylic acids is 1. The van der Waals surface area contributed by atoms with Crippen molar-refractivity contribution in [2.75, 3.05) is 13.4 Å². The number of aromatic nitrogens is 3. The zero-order valence-electron chi connectivity index (χ0n) is 13.7. The maximum atomic E-state index is 12.8. The topological polar surface area (TPSA) is 74.1 Å². The molecule has 0 saturated heterocycles. The van der Waals surface area contributed by atoms with E-state index in [1.54, 1.807) is 37.5 Å². The van der Waals surface area contributed by atoms with Crippen molar-refractivity contribution in [1.29, 1.82) is 0 Å². The minimum absolute atomic E-state index is 0.262. The number of hydrogen-bond donors (Lipinski definition) is 0. The molecule has 0 aliphatic rings. The van der Waals surface area contributed by atoms with Gasteiger partial charge in [-0.25, -0.2) is 14.8 Å². The van der Waals surface area contributed by atoms with Gasteiger partial charge < -0.3 is 4.74 Å². The monoisotopic (exact) mass is 375 g/mol. The van der Waals surface area contributed by atoms with Crippen LogP contribution in [0.1, 0.15) is 10.4 Å². The van der Waals surface area contributed by atoms with Gasteiger partial charge in [-0.05, 0) is 30.5 Å². The number of aryl methyl sites for hydroxylation is 1. The van der Waals surface area contributed by atoms with Crippen LogP contribution in [0.5, 0.6) is 0 Å². The first-order valence-electron chi connectivity index (χ1n) is 7.25. The van der Waals surface area contributed by atoms with Crippen molar-refractivity contribution in [3.05, 3.63) is 51.4 Å². The number of thioether (sulfide) groups is 1. The normalized spacial score (nSPS) is 10.9. The van der Waals surface area contributed by atoms with Gasteiger partial charge in [0.15, 0.2) is 5.16 Å². The van der Waals surface area contributed by atoms with E-state index in [1.807, 2.05) is 6.26 Å². The van der Waals surface area contributed by atoms with Crippen molar-refractivity contribution < 1.29 is 9.53 Å². The Bertz CT molecular complexity index is 1050. The van der Waals surface area contributed by atoms with Crippen LogP contribution in [0.3, 0.4) is 0 Å². The average Bonchev–Trinajstić information content (AvgIpc) is 2.64. The summed E-state index contributed by atoms with van der Waals surface area (Å²) in [4.78, 5) is 33.2. The van der Waals surface area contributed by atoms with E-state index in [9.17, 15) is 9.59 Å². The number of rotatable bonds is 3. The molecule has 0 unspecified atom stereocenters. The number of methoxy groups -OCH3 is 1. The molecule has 0 bridgehead atoms. The maximum absolute atomic E-state index is 12.8. The maximum Gasteiger partial charge on any atom is 0.337 e. The SMILES string of the molecule is COC(=O)c1ccc(Cl)c(-c2cc3cnc(SC)nc3n(C)c2=O)c1. The largest absolute Gasteiger partial charge is 0.465 e. The zero-order chi connectivity index (χ0) is 18.1. The Morgan fingerprint density at radius 3 is 2.72 bits per heavy atom. The second-order valence-electron chi connectivity index (χ2n) is 5.24. The van der Waals surface area contributed by atoms with E-state index < -0.39 is 5.97 Å². The molecule has 0 radical (unpaired) electrons. The lowest BCUT2D eigenvalue weighted by molar-refractivity contribution is 0.0601. The number of fused-ring (bicyclic) bond motifs is 1. The molecule has 1 aromatic carbocycles. The van der Waals surface area contributed by atoms with E-state index in [4.69, 9.17) is 16.3 Å². The van der Waals surface area contributed by atoms with Crippen LogP contribution < -0.4 is 5.56 Å². The van der Waals surface area contributed by atoms with Gasteiger partial charge in [0.2, 0.25) is 0 Å². The van der Waals surface area contributed by atoms with Crippen LogP contribution in [-0.4, -0.2) is 33.9 Å². The molecule has 6 nitrogen and oxygen atoms in total. The Morgan fingerprint density at radius 2 is 2.04 bits per heavy atom. The third-order valence-electron chi connectivity index (χ3n) is 3.79. The van der Waals surface area contributed by atoms with Crippen LogP contribution in [0.25, 0.3) is 22.2 Å². The van der Waals surface area contributed by atoms with Gasteiger partial charge in [-0.15, -0.1) is 0 Å². The molecule has 0 N–H and O–H groups in total. The van der Waals surface area contributed by atoms with E-state index in [1.165, 1.54) is 23.4 Å². The van der Waals surface area contributed by atoms with Gasteiger partial charge in [0.1, 0.15) is 5.65 Å². The van der Waals surface area contributed by atoms with Gasteiger partial charge in [0, 0.05) is 34.8 Å². The molecular weight excluding hydrogens is 362 g/mol. The second-order valence-corrected chi connectivity index (χ2v) is 6.42. The minimum Gasteiger partial charge on any atom is -0.465 e. The molecule has 0 aliphatic heterocycles. The van der Waals surface area contributed by atoms with Crippen molar-refractivity contribution in [2.24, 2.45) is 7.05 Å². The summed E-state index contributed by atoms with van der Waals surface area (Å²) in [6.07, 6.45) is 3.53. The summed E-state index contributed by atoms with van der Waals surface area (Å²) in [5.74, 6) is -0.497. The highest BCUT2D eigenvalue weighted by atomic mass is 35.5. The number of benzene rings is 1. The van der Waals surface area contributed by atoms with E-state index >= 15 is 0 Å². The lowest BCUT2D eigenvalue weighted by Gasteiger charge is -2.11. The van der Waals surface area contributed by atoms with Crippen LogP contribution in [0.4, 0.5) is 0 Å². The molecule has 3 rings (SSSR count). The van der Waals surface area contributed by atoms with Crippen molar-refractivity contribution in [3.8, 4) is 11.1 Å². The third-order valence-corrected chi connectivity index (χ3v) is 4.68. The summed E-state index contributed by atoms with van der Waals surface area (Å²) < 4.78 is 6.18. The van der Waals surface area contributed by atoms with Crippen LogP contribution in [-0.2, 0) is 11.8 Å². The molecular formula is C17H14ClN3O3S. The first-order valence-corrected chi connectivity index (χ1v) is 8.85. The standard InChI is InChI=1S/C17H14ClN3O3S/c1-21-14-10(8-19-17(20-14)25-3)7-12(15(21)22)11-6-9(16(23)24-2)4-5-13(11)18/h4-8H,1-3H3. The number of hydrogen-bond acceptors (Lipinski definition) is 6. The van der Waals surface area contributed by atoms with Gasteiger partial charge in [0.25, 0.3) is 5.56 Å². The minimum atomic E-state index is -0.497. The number of ether oxygens (including phenoxy) is 1. The molecule has 3 aromatic rings. The fourth-order valence-corrected chi connectivity index (χ4v) is 3.05. The summed E-state index contributed by atoms with van der Waals surface area (Å²) in [5.41, 5.74) is 1.42. The molecule has 0 atom stereocenters. The summed E-state index contributed by atoms with van der Waals surface area (Å²) in [7, 11) is 2.94. The number of esters is 1. The van der Waals surface area contributed by atoms with Crippen molar-refractivity contribution in [1.82, 2.24) is 14.5 Å². The molecule has 128 valence electrons. The number of halogens is 1. The van der Waals surface area contributed by atoms with Crippen LogP contribution in [0.15, 0.2) is 40.4 Å². The Morgan fingerprint density at radius 1 is 1.28 bits per heavy atom. The van der Waals surface area contributed by atoms with Crippen molar-refractivity contribution in [3.63, 3.8) is 0 Å². The smallest absolute Gasteiger partial charge is 0.337 e. The number of carbonyl (C=O) groups is 1. The molecule has 2 heterocycles. The first-order chi connectivity index (χ1) is 12.0. The van der Waals surface area contributed by atoms with E-state index in [2.05, 4.69) is 9.97 Å². The summed E-state index contributed by atoms with van der Waals surface area (Å²) in [6, 6.07) is 6.36. The predicted octanol–water partition coefficient (Wildman–Crippen LogP) is 3.16. The second kappa shape index (κ2) is 6.85. The number of nitrogens with zero attached hydrogens (tertiary/aromatic N) is 3. The molecule has 8 heteroatoms. The summed E-state index contributed by atoms with van der Waals surface area (Å²) in [5, 5.41) is 1.65. The zero-order valence-corrected chi connectivity index (χ0v) is 15.3. The Balaban J connectivity index is 2.28. The van der Waals surface area contributed by atoms with Crippen molar-refractivity contribution in [2.45, 2.75) is 5.16 Å². The Labute approximate surface area is 152 Å². The van der Waals surface area contributed by atoms with E-state index in [0.29, 0.717) is 37.9 Å². The molecule has 0 amide bonds. The van der Waals surface area contributed by atoms with Gasteiger partial charge in [0.05, 0.1) is 12.7 Å². The molecule has 0 aliphatic carbocycles. The van der Waals surface area contributed by atoms with E-state index in [-0.39, 0.29) is 5.56 Å². The fraction of sp³-hybridized carbons (Fsp3) is 0.176. The molecule has 0 saturated carbocycles. The van der Waals surface area contributed by atoms with E-state index in [0.717, 1.165) is 0 Å². The van der Waals surface area contributed by atoms with Gasteiger partial charge in [-0.3, -0.25) is 9.36 Å². The number of pyridine rings is 1.